The van der Waals surface area contributed by atoms with Gasteiger partial charge in [-0.25, -0.2) is 9.48 Å². The third-order valence-electron chi connectivity index (χ3n) is 4.88. The molecule has 0 bridgehead atoms. The van der Waals surface area contributed by atoms with Crippen LogP contribution in [0.4, 0.5) is 5.69 Å². The van der Waals surface area contributed by atoms with Crippen LogP contribution in [0.2, 0.25) is 5.02 Å². The summed E-state index contributed by atoms with van der Waals surface area (Å²) in [5.41, 5.74) is 1.65. The maximum Gasteiger partial charge on any atom is 0.354 e. The van der Waals surface area contributed by atoms with Crippen LogP contribution in [-0.2, 0) is 11.3 Å². The highest BCUT2D eigenvalue weighted by molar-refractivity contribution is 7.13. The first kappa shape index (κ1) is 19.5. The zero-order valence-electron chi connectivity index (χ0n) is 15.5. The monoisotopic (exact) mass is 430 g/mol. The smallest absolute Gasteiger partial charge is 0.354 e. The Morgan fingerprint density at radius 1 is 1.10 bits per heavy atom. The fourth-order valence-corrected chi connectivity index (χ4v) is 4.16. The van der Waals surface area contributed by atoms with Crippen molar-refractivity contribution in [2.24, 2.45) is 0 Å². The lowest BCUT2D eigenvalue weighted by Crippen LogP contribution is -2.49. The highest BCUT2D eigenvalue weighted by Gasteiger charge is 2.24. The molecule has 1 aliphatic rings. The number of halogens is 1. The number of amides is 1. The van der Waals surface area contributed by atoms with Crippen molar-refractivity contribution in [2.75, 3.05) is 31.1 Å². The van der Waals surface area contributed by atoms with Gasteiger partial charge in [-0.05, 0) is 41.8 Å². The number of carbonyl (C=O) groups excluding carboxylic acids is 1. The van der Waals surface area contributed by atoms with Gasteiger partial charge in [-0.3, -0.25) is 4.79 Å². The lowest BCUT2D eigenvalue weighted by atomic mass is 10.2. The molecule has 0 atom stereocenters. The molecule has 0 spiro atoms. The first-order valence-electron chi connectivity index (χ1n) is 9.14. The normalized spacial score (nSPS) is 14.2. The number of rotatable bonds is 5. The van der Waals surface area contributed by atoms with Gasteiger partial charge < -0.3 is 14.9 Å². The van der Waals surface area contributed by atoms with Crippen molar-refractivity contribution in [2.45, 2.75) is 6.54 Å². The number of benzene rings is 1. The zero-order chi connectivity index (χ0) is 20.4. The van der Waals surface area contributed by atoms with Gasteiger partial charge in [-0.1, -0.05) is 17.7 Å². The Bertz CT molecular complexity index is 1010. The largest absolute Gasteiger partial charge is 0.477 e. The van der Waals surface area contributed by atoms with Crippen LogP contribution in [0.5, 0.6) is 0 Å². The number of hydrogen-bond acceptors (Lipinski definition) is 5. The average molecular weight is 431 g/mol. The van der Waals surface area contributed by atoms with Crippen LogP contribution >= 0.6 is 22.9 Å². The molecule has 1 N–H and O–H groups in total. The number of hydrogen-bond donors (Lipinski definition) is 1. The van der Waals surface area contributed by atoms with Crippen LogP contribution < -0.4 is 4.90 Å². The van der Waals surface area contributed by atoms with Crippen molar-refractivity contribution in [3.05, 3.63) is 58.6 Å². The standard InChI is InChI=1S/C20H19ClN4O3S/c21-14-3-5-15(6-4-14)23-7-9-24(10-8-23)19(26)13-25-17(20(27)28)12-16(22-25)18-2-1-11-29-18/h1-6,11-12H,7-10,13H2,(H,27,28). The number of piperazine rings is 1. The Kier molecular flexibility index (Phi) is 5.55. The molecule has 2 aromatic heterocycles. The predicted molar refractivity (Wildman–Crippen MR) is 113 cm³/mol. The molecule has 4 rings (SSSR count). The second-order valence-electron chi connectivity index (χ2n) is 6.70. The van der Waals surface area contributed by atoms with Crippen molar-refractivity contribution in [3.8, 4) is 10.6 Å². The number of aromatic carboxylic acids is 1. The lowest BCUT2D eigenvalue weighted by molar-refractivity contribution is -0.132. The molecule has 0 aliphatic carbocycles. The van der Waals surface area contributed by atoms with Crippen molar-refractivity contribution in [3.63, 3.8) is 0 Å². The molecular formula is C20H19ClN4O3S. The van der Waals surface area contributed by atoms with E-state index in [-0.39, 0.29) is 18.1 Å². The van der Waals surface area contributed by atoms with E-state index in [1.165, 1.54) is 22.1 Å². The molecule has 7 nitrogen and oxygen atoms in total. The van der Waals surface area contributed by atoms with Crippen molar-refractivity contribution in [1.82, 2.24) is 14.7 Å². The molecule has 9 heteroatoms. The third-order valence-corrected chi connectivity index (χ3v) is 6.03. The minimum absolute atomic E-state index is 0.0153. The fraction of sp³-hybridized carbons (Fsp3) is 0.250. The van der Waals surface area contributed by atoms with Gasteiger partial charge in [-0.2, -0.15) is 5.10 Å². The summed E-state index contributed by atoms with van der Waals surface area (Å²) in [5.74, 6) is -1.23. The number of carboxylic acids is 1. The van der Waals surface area contributed by atoms with Crippen LogP contribution in [0.15, 0.2) is 47.8 Å². The van der Waals surface area contributed by atoms with Crippen LogP contribution in [0, 0.1) is 0 Å². The Hall–Kier alpha value is -2.84. The van der Waals surface area contributed by atoms with E-state index in [1.807, 2.05) is 41.8 Å². The molecule has 3 heterocycles. The van der Waals surface area contributed by atoms with E-state index in [0.29, 0.717) is 36.9 Å². The zero-order valence-corrected chi connectivity index (χ0v) is 17.1. The highest BCUT2D eigenvalue weighted by Crippen LogP contribution is 2.24. The van der Waals surface area contributed by atoms with Gasteiger partial charge in [-0.15, -0.1) is 11.3 Å². The van der Waals surface area contributed by atoms with E-state index in [0.717, 1.165) is 10.6 Å². The summed E-state index contributed by atoms with van der Waals surface area (Å²) in [6.45, 7) is 2.47. The maximum absolute atomic E-state index is 12.8. The summed E-state index contributed by atoms with van der Waals surface area (Å²) in [6, 6.07) is 12.9. The van der Waals surface area contributed by atoms with E-state index >= 15 is 0 Å². The molecule has 0 radical (unpaired) electrons. The summed E-state index contributed by atoms with van der Waals surface area (Å²) in [4.78, 5) is 29.2. The van der Waals surface area contributed by atoms with Gasteiger partial charge >= 0.3 is 5.97 Å². The van der Waals surface area contributed by atoms with Crippen LogP contribution in [-0.4, -0.2) is 57.8 Å². The minimum atomic E-state index is -1.10. The average Bonchev–Trinajstić information content (AvgIpc) is 3.38. The van der Waals surface area contributed by atoms with Crippen LogP contribution in [0.1, 0.15) is 10.5 Å². The van der Waals surface area contributed by atoms with E-state index in [1.54, 1.807) is 4.90 Å². The predicted octanol–water partition coefficient (Wildman–Crippen LogP) is 3.31. The molecule has 0 saturated carbocycles. The third kappa shape index (κ3) is 4.28. The number of carbonyl (C=O) groups is 2. The fourth-order valence-electron chi connectivity index (χ4n) is 3.35. The molecule has 1 aliphatic heterocycles. The Balaban J connectivity index is 1.42. The molecule has 1 saturated heterocycles. The Morgan fingerprint density at radius 3 is 2.45 bits per heavy atom. The number of nitrogens with zero attached hydrogens (tertiary/aromatic N) is 4. The quantitative estimate of drug-likeness (QED) is 0.671. The molecular weight excluding hydrogens is 412 g/mol. The number of carboxylic acid groups (broad SMARTS) is 1. The minimum Gasteiger partial charge on any atom is -0.477 e. The molecule has 3 aromatic rings. The summed E-state index contributed by atoms with van der Waals surface area (Å²) < 4.78 is 1.28. The van der Waals surface area contributed by atoms with E-state index in [9.17, 15) is 14.7 Å². The first-order valence-corrected chi connectivity index (χ1v) is 10.4. The van der Waals surface area contributed by atoms with Crippen molar-refractivity contribution >= 4 is 40.5 Å². The number of thiophene rings is 1. The van der Waals surface area contributed by atoms with Crippen molar-refractivity contribution < 1.29 is 14.7 Å². The van der Waals surface area contributed by atoms with Crippen LogP contribution in [0.3, 0.4) is 0 Å². The highest BCUT2D eigenvalue weighted by atomic mass is 35.5. The summed E-state index contributed by atoms with van der Waals surface area (Å²) in [5, 5.41) is 16.4. The van der Waals surface area contributed by atoms with E-state index in [4.69, 9.17) is 11.6 Å². The molecule has 1 amide bonds. The second kappa shape index (κ2) is 8.26. The van der Waals surface area contributed by atoms with Gasteiger partial charge in [0.15, 0.2) is 0 Å². The molecule has 150 valence electrons. The Labute approximate surface area is 176 Å². The van der Waals surface area contributed by atoms with Crippen LogP contribution in [0.25, 0.3) is 10.6 Å². The maximum atomic E-state index is 12.8. The van der Waals surface area contributed by atoms with Gasteiger partial charge in [0.05, 0.1) is 4.88 Å². The first-order chi connectivity index (χ1) is 14.0. The topological polar surface area (TPSA) is 78.7 Å². The number of anilines is 1. The van der Waals surface area contributed by atoms with Gasteiger partial charge in [0.1, 0.15) is 17.9 Å². The van der Waals surface area contributed by atoms with E-state index < -0.39 is 5.97 Å². The molecule has 0 unspecified atom stereocenters. The van der Waals surface area contributed by atoms with Gasteiger partial charge in [0, 0.05) is 36.9 Å². The molecule has 1 fully saturated rings. The van der Waals surface area contributed by atoms with Crippen molar-refractivity contribution in [1.29, 1.82) is 0 Å². The summed E-state index contributed by atoms with van der Waals surface area (Å²) >= 11 is 7.42. The summed E-state index contributed by atoms with van der Waals surface area (Å²) in [7, 11) is 0. The summed E-state index contributed by atoms with van der Waals surface area (Å²) in [6.07, 6.45) is 0. The second-order valence-corrected chi connectivity index (χ2v) is 8.08. The Morgan fingerprint density at radius 2 is 1.83 bits per heavy atom. The molecule has 29 heavy (non-hydrogen) atoms. The lowest BCUT2D eigenvalue weighted by Gasteiger charge is -2.36. The SMILES string of the molecule is O=C(O)c1cc(-c2cccs2)nn1CC(=O)N1CCN(c2ccc(Cl)cc2)CC1. The van der Waals surface area contributed by atoms with Gasteiger partial charge in [0.2, 0.25) is 5.91 Å². The number of aromatic nitrogens is 2. The van der Waals surface area contributed by atoms with E-state index in [2.05, 4.69) is 10.00 Å². The van der Waals surface area contributed by atoms with Gasteiger partial charge in [0.25, 0.3) is 0 Å². The molecule has 1 aromatic carbocycles.